The van der Waals surface area contributed by atoms with E-state index >= 15 is 0 Å². The average Bonchev–Trinajstić information content (AvgIpc) is 2.33. The number of aromatic amines is 1. The van der Waals surface area contributed by atoms with E-state index in [0.717, 1.165) is 5.56 Å². The number of hydrogen-bond donors (Lipinski definition) is 1. The van der Waals surface area contributed by atoms with E-state index in [1.165, 1.54) is 6.20 Å². The van der Waals surface area contributed by atoms with Crippen LogP contribution in [0.15, 0.2) is 35.3 Å². The highest BCUT2D eigenvalue weighted by atomic mass is 35.5. The lowest BCUT2D eigenvalue weighted by atomic mass is 10.0. The molecule has 2 rings (SSSR count). The molecule has 0 atom stereocenters. The van der Waals surface area contributed by atoms with Gasteiger partial charge in [-0.1, -0.05) is 29.3 Å². The van der Waals surface area contributed by atoms with Crippen molar-refractivity contribution >= 4 is 23.2 Å². The Balaban J connectivity index is 2.59. The van der Waals surface area contributed by atoms with Gasteiger partial charge in [0, 0.05) is 22.3 Å². The summed E-state index contributed by atoms with van der Waals surface area (Å²) in [6, 6.07) is 8.62. The number of aromatic nitrogens is 1. The number of hydrogen-bond acceptors (Lipinski definition) is 2. The van der Waals surface area contributed by atoms with Gasteiger partial charge in [-0.15, -0.1) is 0 Å². The highest BCUT2D eigenvalue weighted by Crippen LogP contribution is 2.28. The number of benzene rings is 1. The Morgan fingerprint density at radius 2 is 2.00 bits per heavy atom. The Kier molecular flexibility index (Phi) is 3.71. The Hall–Kier alpha value is -1.76. The first-order chi connectivity index (χ1) is 8.61. The number of pyridine rings is 1. The molecule has 0 amide bonds. The quantitative estimate of drug-likeness (QED) is 0.915. The van der Waals surface area contributed by atoms with Gasteiger partial charge in [-0.2, -0.15) is 5.26 Å². The minimum Gasteiger partial charge on any atom is -0.328 e. The molecule has 5 heteroatoms. The van der Waals surface area contributed by atoms with Crippen molar-refractivity contribution in [1.82, 2.24) is 4.98 Å². The fraction of sp³-hybridized carbons (Fsp3) is 0.0769. The number of halogens is 2. The molecule has 0 saturated heterocycles. The minimum absolute atomic E-state index is 0.231. The highest BCUT2D eigenvalue weighted by molar-refractivity contribution is 6.36. The van der Waals surface area contributed by atoms with Crippen LogP contribution in [0, 0.1) is 11.3 Å². The summed E-state index contributed by atoms with van der Waals surface area (Å²) in [5.74, 6) is 0. The van der Waals surface area contributed by atoms with Gasteiger partial charge < -0.3 is 4.98 Å². The Bertz CT molecular complexity index is 686. The van der Waals surface area contributed by atoms with E-state index in [9.17, 15) is 4.79 Å². The number of H-pyrrole nitrogens is 1. The van der Waals surface area contributed by atoms with E-state index in [1.807, 2.05) is 6.07 Å². The van der Waals surface area contributed by atoms with E-state index in [1.54, 1.807) is 24.3 Å². The monoisotopic (exact) mass is 278 g/mol. The largest absolute Gasteiger partial charge is 0.328 e. The van der Waals surface area contributed by atoms with Crippen molar-refractivity contribution in [2.24, 2.45) is 0 Å². The summed E-state index contributed by atoms with van der Waals surface area (Å²) in [7, 11) is 0. The molecule has 1 heterocycles. The van der Waals surface area contributed by atoms with Gasteiger partial charge in [0.15, 0.2) is 0 Å². The second-order valence-electron chi connectivity index (χ2n) is 3.71. The molecule has 0 bridgehead atoms. The summed E-state index contributed by atoms with van der Waals surface area (Å²) in [5, 5.41) is 9.57. The first kappa shape index (κ1) is 12.7. The fourth-order valence-electron chi connectivity index (χ4n) is 1.63. The number of nitrogens with one attached hydrogen (secondary N) is 1. The molecular formula is C13H8Cl2N2O. The number of rotatable bonds is 2. The lowest BCUT2D eigenvalue weighted by molar-refractivity contribution is 1.15. The molecular weight excluding hydrogens is 271 g/mol. The van der Waals surface area contributed by atoms with Crippen LogP contribution < -0.4 is 5.56 Å². The number of nitrogens with zero attached hydrogens (tertiary/aromatic N) is 1. The molecule has 0 aliphatic heterocycles. The molecule has 2 aromatic rings. The third-order valence-corrected chi connectivity index (χ3v) is 3.02. The Morgan fingerprint density at radius 3 is 2.67 bits per heavy atom. The predicted molar refractivity (Wildman–Crippen MR) is 71.8 cm³/mol. The molecule has 0 fully saturated rings. The molecule has 1 aromatic carbocycles. The van der Waals surface area contributed by atoms with E-state index in [2.05, 4.69) is 4.98 Å². The molecule has 90 valence electrons. The summed E-state index contributed by atoms with van der Waals surface area (Å²) in [5.41, 5.74) is 1.52. The molecule has 0 aliphatic carbocycles. The van der Waals surface area contributed by atoms with Crippen LogP contribution in [0.2, 0.25) is 10.0 Å². The average molecular weight is 279 g/mol. The van der Waals surface area contributed by atoms with Crippen molar-refractivity contribution in [3.05, 3.63) is 56.4 Å². The van der Waals surface area contributed by atoms with Gasteiger partial charge in [-0.25, -0.2) is 0 Å². The summed E-state index contributed by atoms with van der Waals surface area (Å²) in [4.78, 5) is 14.4. The maximum absolute atomic E-state index is 11.8. The van der Waals surface area contributed by atoms with Crippen LogP contribution in [0.1, 0.15) is 5.56 Å². The van der Waals surface area contributed by atoms with Gasteiger partial charge in [0.1, 0.15) is 0 Å². The van der Waals surface area contributed by atoms with Gasteiger partial charge in [0.05, 0.1) is 17.5 Å². The molecule has 0 radical (unpaired) electrons. The van der Waals surface area contributed by atoms with Gasteiger partial charge in [0.2, 0.25) is 0 Å². The SMILES string of the molecule is N#CCc1c[nH]c(=O)c(-c2ccc(Cl)cc2Cl)c1. The van der Waals surface area contributed by atoms with Crippen molar-refractivity contribution in [2.75, 3.05) is 0 Å². The van der Waals surface area contributed by atoms with E-state index in [0.29, 0.717) is 21.2 Å². The van der Waals surface area contributed by atoms with Gasteiger partial charge in [-0.05, 0) is 23.8 Å². The van der Waals surface area contributed by atoms with Crippen molar-refractivity contribution < 1.29 is 0 Å². The summed E-state index contributed by atoms with van der Waals surface area (Å²) >= 11 is 11.9. The first-order valence-electron chi connectivity index (χ1n) is 5.16. The molecule has 18 heavy (non-hydrogen) atoms. The van der Waals surface area contributed by atoms with E-state index in [4.69, 9.17) is 28.5 Å². The molecule has 0 unspecified atom stereocenters. The smallest absolute Gasteiger partial charge is 0.255 e. The highest BCUT2D eigenvalue weighted by Gasteiger charge is 2.09. The van der Waals surface area contributed by atoms with Crippen LogP contribution in [0.25, 0.3) is 11.1 Å². The molecule has 0 spiro atoms. The van der Waals surface area contributed by atoms with Crippen LogP contribution in [-0.2, 0) is 6.42 Å². The zero-order chi connectivity index (χ0) is 13.1. The topological polar surface area (TPSA) is 56.6 Å². The molecule has 0 saturated carbocycles. The molecule has 1 N–H and O–H groups in total. The maximum atomic E-state index is 11.8. The van der Waals surface area contributed by atoms with Crippen LogP contribution in [0.3, 0.4) is 0 Å². The molecule has 3 nitrogen and oxygen atoms in total. The third kappa shape index (κ3) is 2.56. The van der Waals surface area contributed by atoms with Crippen LogP contribution in [0.5, 0.6) is 0 Å². The van der Waals surface area contributed by atoms with Crippen LogP contribution in [0.4, 0.5) is 0 Å². The summed E-state index contributed by atoms with van der Waals surface area (Å²) in [6.07, 6.45) is 1.76. The predicted octanol–water partition coefficient (Wildman–Crippen LogP) is 3.41. The van der Waals surface area contributed by atoms with Crippen molar-refractivity contribution in [2.45, 2.75) is 6.42 Å². The van der Waals surface area contributed by atoms with Crippen molar-refractivity contribution in [3.63, 3.8) is 0 Å². The molecule has 0 aliphatic rings. The van der Waals surface area contributed by atoms with Gasteiger partial charge >= 0.3 is 0 Å². The van der Waals surface area contributed by atoms with E-state index < -0.39 is 0 Å². The Labute approximate surface area is 114 Å². The second kappa shape index (κ2) is 5.26. The summed E-state index contributed by atoms with van der Waals surface area (Å²) < 4.78 is 0. The lowest BCUT2D eigenvalue weighted by Crippen LogP contribution is -2.09. The van der Waals surface area contributed by atoms with Gasteiger partial charge in [-0.3, -0.25) is 4.79 Å². The fourth-order valence-corrected chi connectivity index (χ4v) is 2.14. The lowest BCUT2D eigenvalue weighted by Gasteiger charge is -2.05. The van der Waals surface area contributed by atoms with Crippen molar-refractivity contribution in [1.29, 1.82) is 5.26 Å². The Morgan fingerprint density at radius 1 is 1.22 bits per heavy atom. The minimum atomic E-state index is -0.249. The van der Waals surface area contributed by atoms with Crippen LogP contribution in [-0.4, -0.2) is 4.98 Å². The zero-order valence-electron chi connectivity index (χ0n) is 9.21. The number of nitriles is 1. The third-order valence-electron chi connectivity index (χ3n) is 2.47. The maximum Gasteiger partial charge on any atom is 0.255 e. The molecule has 1 aromatic heterocycles. The van der Waals surface area contributed by atoms with E-state index in [-0.39, 0.29) is 12.0 Å². The standard InChI is InChI=1S/C13H8Cl2N2O/c14-9-1-2-10(12(15)6-9)11-5-8(3-4-16)7-17-13(11)18/h1-2,5-7H,3H2,(H,17,18). The van der Waals surface area contributed by atoms with Gasteiger partial charge in [0.25, 0.3) is 5.56 Å². The zero-order valence-corrected chi connectivity index (χ0v) is 10.7. The normalized spacial score (nSPS) is 10.1. The van der Waals surface area contributed by atoms with Crippen molar-refractivity contribution in [3.8, 4) is 17.2 Å². The second-order valence-corrected chi connectivity index (χ2v) is 4.55. The summed E-state index contributed by atoms with van der Waals surface area (Å²) in [6.45, 7) is 0. The van der Waals surface area contributed by atoms with Crippen LogP contribution >= 0.6 is 23.2 Å². The first-order valence-corrected chi connectivity index (χ1v) is 5.91.